The molecular formula is C17H12BrS+. The highest BCUT2D eigenvalue weighted by atomic mass is 79.9. The van der Waals surface area contributed by atoms with Crippen molar-refractivity contribution in [3.05, 3.63) is 76.6 Å². The van der Waals surface area contributed by atoms with E-state index in [-0.39, 0.29) is 0 Å². The molecule has 0 aliphatic rings. The van der Waals surface area contributed by atoms with Crippen molar-refractivity contribution < 1.29 is 0 Å². The highest BCUT2D eigenvalue weighted by Gasteiger charge is 2.15. The molecule has 1 heterocycles. The lowest BCUT2D eigenvalue weighted by Gasteiger charge is -2.00. The van der Waals surface area contributed by atoms with Crippen molar-refractivity contribution in [1.29, 1.82) is 0 Å². The molecule has 3 rings (SSSR count). The Balaban J connectivity index is 2.12. The molecule has 1 aromatic heterocycles. The van der Waals surface area contributed by atoms with Gasteiger partial charge in [-0.25, -0.2) is 0 Å². The van der Waals surface area contributed by atoms with E-state index in [2.05, 4.69) is 76.6 Å². The third kappa shape index (κ3) is 2.91. The third-order valence-corrected chi connectivity index (χ3v) is 4.53. The smallest absolute Gasteiger partial charge is 0.0622 e. The third-order valence-electron chi connectivity index (χ3n) is 2.93. The molecule has 0 amide bonds. The van der Waals surface area contributed by atoms with Gasteiger partial charge in [0.05, 0.1) is 0 Å². The van der Waals surface area contributed by atoms with E-state index in [1.165, 1.54) is 21.6 Å². The first-order valence-electron chi connectivity index (χ1n) is 6.07. The standard InChI is InChI=1S/C17H12BrS/c18-17-12-15(13-7-3-1-4-8-13)11-16(19-17)14-9-5-2-6-10-14/h1-12H/q+1. The van der Waals surface area contributed by atoms with Crippen LogP contribution in [0.15, 0.2) is 76.6 Å². The van der Waals surface area contributed by atoms with E-state index in [1.54, 1.807) is 11.3 Å². The van der Waals surface area contributed by atoms with Crippen LogP contribution in [0.25, 0.3) is 21.6 Å². The summed E-state index contributed by atoms with van der Waals surface area (Å²) in [4.78, 5) is 1.27. The summed E-state index contributed by atoms with van der Waals surface area (Å²) in [5.74, 6) is 0. The molecule has 0 saturated carbocycles. The summed E-state index contributed by atoms with van der Waals surface area (Å²) in [6.45, 7) is 0. The maximum Gasteiger partial charge on any atom is 0.273 e. The molecule has 3 aromatic rings. The molecule has 2 aromatic carbocycles. The van der Waals surface area contributed by atoms with Crippen LogP contribution in [0.3, 0.4) is 0 Å². The Labute approximate surface area is 125 Å². The van der Waals surface area contributed by atoms with Crippen LogP contribution in [-0.2, 0) is 0 Å². The number of benzene rings is 2. The Morgan fingerprint density at radius 2 is 1.21 bits per heavy atom. The minimum atomic E-state index is 1.15. The molecule has 0 aliphatic heterocycles. The van der Waals surface area contributed by atoms with Gasteiger partial charge >= 0.3 is 0 Å². The molecule has 19 heavy (non-hydrogen) atoms. The first kappa shape index (κ1) is 12.5. The Kier molecular flexibility index (Phi) is 3.72. The molecule has 0 aliphatic carbocycles. The van der Waals surface area contributed by atoms with Gasteiger partial charge in [0.1, 0.15) is 0 Å². The minimum absolute atomic E-state index is 1.15. The number of hydrogen-bond donors (Lipinski definition) is 0. The quantitative estimate of drug-likeness (QED) is 0.497. The second-order valence-electron chi connectivity index (χ2n) is 4.25. The average molecular weight is 328 g/mol. The largest absolute Gasteiger partial charge is 0.273 e. The predicted molar refractivity (Wildman–Crippen MR) is 87.3 cm³/mol. The van der Waals surface area contributed by atoms with Gasteiger partial charge in [0.15, 0.2) is 0 Å². The molecule has 0 fully saturated rings. The molecule has 0 nitrogen and oxygen atoms in total. The summed E-state index contributed by atoms with van der Waals surface area (Å²) in [5, 5.41) is 0. The van der Waals surface area contributed by atoms with Crippen molar-refractivity contribution in [2.45, 2.75) is 0 Å². The Morgan fingerprint density at radius 1 is 0.632 bits per heavy atom. The Hall–Kier alpha value is -1.51. The van der Waals surface area contributed by atoms with Crippen molar-refractivity contribution in [1.82, 2.24) is 0 Å². The molecule has 0 unspecified atom stereocenters. The van der Waals surface area contributed by atoms with E-state index in [0.29, 0.717) is 0 Å². The molecule has 2 heteroatoms. The second kappa shape index (κ2) is 5.64. The topological polar surface area (TPSA) is 0 Å². The van der Waals surface area contributed by atoms with Gasteiger partial charge in [0, 0.05) is 33.6 Å². The number of halogens is 1. The fraction of sp³-hybridized carbons (Fsp3) is 0. The lowest BCUT2D eigenvalue weighted by molar-refractivity contribution is 1.63. The van der Waals surface area contributed by atoms with Crippen LogP contribution < -0.4 is 0 Å². The van der Waals surface area contributed by atoms with E-state index in [4.69, 9.17) is 0 Å². The van der Waals surface area contributed by atoms with E-state index in [1.807, 2.05) is 12.1 Å². The molecule has 92 valence electrons. The maximum atomic E-state index is 3.63. The van der Waals surface area contributed by atoms with Crippen LogP contribution in [0, 0.1) is 0 Å². The van der Waals surface area contributed by atoms with E-state index in [0.717, 1.165) is 3.79 Å². The van der Waals surface area contributed by atoms with E-state index >= 15 is 0 Å². The van der Waals surface area contributed by atoms with Crippen molar-refractivity contribution >= 4 is 27.3 Å². The lowest BCUT2D eigenvalue weighted by atomic mass is 10.1. The molecule has 0 bridgehead atoms. The first-order chi connectivity index (χ1) is 9.33. The van der Waals surface area contributed by atoms with Crippen LogP contribution >= 0.6 is 27.3 Å². The van der Waals surface area contributed by atoms with E-state index in [9.17, 15) is 0 Å². The zero-order valence-corrected chi connectivity index (χ0v) is 12.6. The predicted octanol–water partition coefficient (Wildman–Crippen LogP) is 6.13. The van der Waals surface area contributed by atoms with Gasteiger partial charge in [-0.1, -0.05) is 48.5 Å². The monoisotopic (exact) mass is 327 g/mol. The second-order valence-corrected chi connectivity index (χ2v) is 6.71. The van der Waals surface area contributed by atoms with Gasteiger partial charge in [-0.3, -0.25) is 0 Å². The van der Waals surface area contributed by atoms with Crippen LogP contribution in [0.5, 0.6) is 0 Å². The van der Waals surface area contributed by atoms with Crippen molar-refractivity contribution in [2.24, 2.45) is 0 Å². The molecule has 0 saturated heterocycles. The molecular weight excluding hydrogens is 316 g/mol. The highest BCUT2D eigenvalue weighted by molar-refractivity contribution is 9.11. The van der Waals surface area contributed by atoms with Crippen molar-refractivity contribution in [3.8, 4) is 21.6 Å². The van der Waals surface area contributed by atoms with Gasteiger partial charge in [0.25, 0.3) is 3.79 Å². The summed E-state index contributed by atoms with van der Waals surface area (Å²) < 4.78 is 1.15. The van der Waals surface area contributed by atoms with Crippen LogP contribution in [0.2, 0.25) is 0 Å². The summed E-state index contributed by atoms with van der Waals surface area (Å²) >= 11 is 5.38. The Bertz CT molecular complexity index is 620. The summed E-state index contributed by atoms with van der Waals surface area (Å²) in [6.07, 6.45) is 0. The zero-order valence-electron chi connectivity index (χ0n) is 10.2. The molecule has 0 spiro atoms. The Morgan fingerprint density at radius 3 is 1.84 bits per heavy atom. The summed E-state index contributed by atoms with van der Waals surface area (Å²) in [6, 6.07) is 25.4. The molecule has 0 atom stereocenters. The SMILES string of the molecule is Brc1cc(-c2ccccc2)cc(-c2ccccc2)[s+]1. The fourth-order valence-electron chi connectivity index (χ4n) is 2.01. The zero-order chi connectivity index (χ0) is 13.1. The fourth-order valence-corrected chi connectivity index (χ4v) is 3.62. The normalized spacial score (nSPS) is 10.4. The number of rotatable bonds is 2. The summed E-state index contributed by atoms with van der Waals surface area (Å²) in [7, 11) is 0. The van der Waals surface area contributed by atoms with Crippen molar-refractivity contribution in [3.63, 3.8) is 0 Å². The van der Waals surface area contributed by atoms with Gasteiger partial charge < -0.3 is 0 Å². The minimum Gasteiger partial charge on any atom is -0.0622 e. The maximum absolute atomic E-state index is 3.63. The van der Waals surface area contributed by atoms with Gasteiger partial charge in [-0.05, 0) is 23.3 Å². The lowest BCUT2D eigenvalue weighted by Crippen LogP contribution is -1.79. The van der Waals surface area contributed by atoms with Crippen LogP contribution in [0.1, 0.15) is 0 Å². The van der Waals surface area contributed by atoms with Crippen LogP contribution in [-0.4, -0.2) is 0 Å². The average Bonchev–Trinajstić information content (AvgIpc) is 2.48. The van der Waals surface area contributed by atoms with Crippen molar-refractivity contribution in [2.75, 3.05) is 0 Å². The molecule has 0 radical (unpaired) electrons. The van der Waals surface area contributed by atoms with E-state index < -0.39 is 0 Å². The van der Waals surface area contributed by atoms with Gasteiger partial charge in [-0.15, -0.1) is 0 Å². The van der Waals surface area contributed by atoms with Crippen LogP contribution in [0.4, 0.5) is 0 Å². The molecule has 0 N–H and O–H groups in total. The highest BCUT2D eigenvalue weighted by Crippen LogP contribution is 2.34. The van der Waals surface area contributed by atoms with Gasteiger partial charge in [0.2, 0.25) is 16.2 Å². The summed E-state index contributed by atoms with van der Waals surface area (Å²) in [5.41, 5.74) is 3.74. The number of hydrogen-bond acceptors (Lipinski definition) is 0. The first-order valence-corrected chi connectivity index (χ1v) is 7.68. The van der Waals surface area contributed by atoms with Gasteiger partial charge in [-0.2, -0.15) is 0 Å².